The molecule has 0 aliphatic heterocycles. The van der Waals surface area contributed by atoms with Gasteiger partial charge in [0.05, 0.1) is 14.9 Å². The molecule has 9 heteroatoms. The van der Waals surface area contributed by atoms with Gasteiger partial charge in [-0.05, 0) is 24.3 Å². The number of aromatic nitrogens is 1. The molecule has 124 valence electrons. The van der Waals surface area contributed by atoms with Gasteiger partial charge in [-0.15, -0.1) is 22.7 Å². The van der Waals surface area contributed by atoms with Crippen LogP contribution in [0.1, 0.15) is 15.4 Å². The lowest BCUT2D eigenvalue weighted by Gasteiger charge is -2.08. The molecule has 2 heterocycles. The van der Waals surface area contributed by atoms with Gasteiger partial charge in [-0.3, -0.25) is 4.79 Å². The monoisotopic (exact) mass is 386 g/mol. The summed E-state index contributed by atoms with van der Waals surface area (Å²) in [6.45, 7) is -0.0233. The Morgan fingerprint density at radius 3 is 2.75 bits per heavy atom. The van der Waals surface area contributed by atoms with Crippen LogP contribution in [0, 0.1) is 11.6 Å². The van der Waals surface area contributed by atoms with Crippen molar-refractivity contribution in [2.75, 3.05) is 0 Å². The molecule has 0 unspecified atom stereocenters. The fourth-order valence-corrected chi connectivity index (χ4v) is 3.74. The first kappa shape index (κ1) is 16.8. The van der Waals surface area contributed by atoms with Gasteiger partial charge in [0, 0.05) is 5.38 Å². The fraction of sp³-hybridized carbons (Fsp3) is 0.0667. The van der Waals surface area contributed by atoms with Gasteiger partial charge in [-0.1, -0.05) is 11.6 Å². The third-order valence-electron chi connectivity index (χ3n) is 3.03. The number of thiophene rings is 1. The molecule has 1 amide bonds. The van der Waals surface area contributed by atoms with E-state index in [1.807, 2.05) is 11.4 Å². The Morgan fingerprint density at radius 2 is 2.08 bits per heavy atom. The number of thiazole rings is 1. The van der Waals surface area contributed by atoms with Gasteiger partial charge in [0.1, 0.15) is 23.0 Å². The predicted molar refractivity (Wildman–Crippen MR) is 89.6 cm³/mol. The van der Waals surface area contributed by atoms with Gasteiger partial charge < -0.3 is 10.5 Å². The molecule has 0 aliphatic rings. The molecule has 2 aromatic heterocycles. The molecule has 0 aliphatic carbocycles. The van der Waals surface area contributed by atoms with E-state index in [9.17, 15) is 13.6 Å². The quantitative estimate of drug-likeness (QED) is 0.703. The summed E-state index contributed by atoms with van der Waals surface area (Å²) in [5, 5.41) is 2.43. The minimum atomic E-state index is -1.19. The summed E-state index contributed by atoms with van der Waals surface area (Å²) in [6.07, 6.45) is 0. The highest BCUT2D eigenvalue weighted by molar-refractivity contribution is 7.19. The van der Waals surface area contributed by atoms with E-state index in [1.165, 1.54) is 22.7 Å². The van der Waals surface area contributed by atoms with Crippen molar-refractivity contribution >= 4 is 40.2 Å². The number of nitrogens with zero attached hydrogens (tertiary/aromatic N) is 1. The van der Waals surface area contributed by atoms with Crippen LogP contribution in [0.5, 0.6) is 5.75 Å². The third kappa shape index (κ3) is 3.40. The molecule has 3 aromatic rings. The first-order valence-electron chi connectivity index (χ1n) is 6.56. The third-order valence-corrected chi connectivity index (χ3v) is 5.11. The normalized spacial score (nSPS) is 10.8. The Kier molecular flexibility index (Phi) is 4.79. The Bertz CT molecular complexity index is 911. The molecular weight excluding hydrogens is 378 g/mol. The number of carbonyl (C=O) groups excluding carboxylic acids is 1. The van der Waals surface area contributed by atoms with E-state index < -0.39 is 23.1 Å². The number of ether oxygens (including phenoxy) is 1. The number of hydrogen-bond donors (Lipinski definition) is 1. The molecule has 0 saturated heterocycles. The summed E-state index contributed by atoms with van der Waals surface area (Å²) >= 11 is 8.61. The van der Waals surface area contributed by atoms with E-state index >= 15 is 0 Å². The SMILES string of the molecule is NC(=O)c1c(F)ccc(OCc2nc(-c3ccc(Cl)s3)cs2)c1F. The molecule has 3 rings (SSSR count). The van der Waals surface area contributed by atoms with Crippen molar-refractivity contribution in [2.24, 2.45) is 5.73 Å². The molecule has 0 fully saturated rings. The van der Waals surface area contributed by atoms with Crippen molar-refractivity contribution in [1.82, 2.24) is 4.98 Å². The number of primary amides is 1. The number of halogens is 3. The average molecular weight is 387 g/mol. The van der Waals surface area contributed by atoms with Crippen molar-refractivity contribution in [3.63, 3.8) is 0 Å². The smallest absolute Gasteiger partial charge is 0.254 e. The summed E-state index contributed by atoms with van der Waals surface area (Å²) < 4.78 is 33.4. The second-order valence-corrected chi connectivity index (χ2v) is 7.28. The second-order valence-electron chi connectivity index (χ2n) is 4.62. The topological polar surface area (TPSA) is 65.2 Å². The molecule has 2 N–H and O–H groups in total. The highest BCUT2D eigenvalue weighted by Gasteiger charge is 2.19. The lowest BCUT2D eigenvalue weighted by molar-refractivity contribution is 0.0991. The van der Waals surface area contributed by atoms with E-state index in [0.717, 1.165) is 22.7 Å². The molecule has 4 nitrogen and oxygen atoms in total. The van der Waals surface area contributed by atoms with Gasteiger partial charge in [-0.25, -0.2) is 13.8 Å². The molecule has 0 bridgehead atoms. The standard InChI is InChI=1S/C15H9ClF2N2O2S2/c16-11-4-3-10(24-11)8-6-23-12(20-8)5-22-9-2-1-7(17)13(14(9)18)15(19)21/h1-4,6H,5H2,(H2,19,21). The van der Waals surface area contributed by atoms with Crippen LogP contribution in [-0.4, -0.2) is 10.9 Å². The Morgan fingerprint density at radius 1 is 1.29 bits per heavy atom. The van der Waals surface area contributed by atoms with E-state index in [-0.39, 0.29) is 12.4 Å². The van der Waals surface area contributed by atoms with Crippen LogP contribution >= 0.6 is 34.3 Å². The highest BCUT2D eigenvalue weighted by atomic mass is 35.5. The summed E-state index contributed by atoms with van der Waals surface area (Å²) in [4.78, 5) is 16.4. The van der Waals surface area contributed by atoms with Crippen LogP contribution in [0.3, 0.4) is 0 Å². The number of amides is 1. The molecular formula is C15H9ClF2N2O2S2. The van der Waals surface area contributed by atoms with E-state index in [4.69, 9.17) is 22.1 Å². The number of benzene rings is 1. The van der Waals surface area contributed by atoms with Crippen LogP contribution in [0.15, 0.2) is 29.6 Å². The average Bonchev–Trinajstić information content (AvgIpc) is 3.15. The largest absolute Gasteiger partial charge is 0.483 e. The maximum Gasteiger partial charge on any atom is 0.254 e. The number of carbonyl (C=O) groups is 1. The van der Waals surface area contributed by atoms with Crippen LogP contribution in [0.4, 0.5) is 8.78 Å². The lowest BCUT2D eigenvalue weighted by Crippen LogP contribution is -2.16. The van der Waals surface area contributed by atoms with Gasteiger partial charge in [-0.2, -0.15) is 0 Å². The van der Waals surface area contributed by atoms with Crippen LogP contribution < -0.4 is 10.5 Å². The molecule has 0 spiro atoms. The van der Waals surface area contributed by atoms with E-state index in [1.54, 1.807) is 6.07 Å². The zero-order valence-corrected chi connectivity index (χ0v) is 14.3. The number of nitrogens with two attached hydrogens (primary N) is 1. The zero-order chi connectivity index (χ0) is 17.3. The number of rotatable bonds is 5. The number of hydrogen-bond acceptors (Lipinski definition) is 5. The van der Waals surface area contributed by atoms with Gasteiger partial charge in [0.2, 0.25) is 0 Å². The van der Waals surface area contributed by atoms with Crippen LogP contribution in [0.2, 0.25) is 4.34 Å². The summed E-state index contributed by atoms with van der Waals surface area (Å²) in [5.74, 6) is -3.61. The van der Waals surface area contributed by atoms with Crippen LogP contribution in [0.25, 0.3) is 10.6 Å². The molecule has 0 atom stereocenters. The lowest BCUT2D eigenvalue weighted by atomic mass is 10.2. The molecule has 0 radical (unpaired) electrons. The summed E-state index contributed by atoms with van der Waals surface area (Å²) in [6, 6.07) is 5.66. The predicted octanol–water partition coefficient (Wildman–Crippen LogP) is 4.48. The van der Waals surface area contributed by atoms with Crippen molar-refractivity contribution in [1.29, 1.82) is 0 Å². The van der Waals surface area contributed by atoms with Crippen molar-refractivity contribution in [3.8, 4) is 16.3 Å². The maximum atomic E-state index is 14.1. The summed E-state index contributed by atoms with van der Waals surface area (Å²) in [7, 11) is 0. The minimum Gasteiger partial charge on any atom is -0.483 e. The van der Waals surface area contributed by atoms with Gasteiger partial charge in [0.15, 0.2) is 11.6 Å². The van der Waals surface area contributed by atoms with Gasteiger partial charge >= 0.3 is 0 Å². The minimum absolute atomic E-state index is 0.0233. The summed E-state index contributed by atoms with van der Waals surface area (Å²) in [5.41, 5.74) is 4.89. The van der Waals surface area contributed by atoms with Crippen LogP contribution in [-0.2, 0) is 6.61 Å². The maximum absolute atomic E-state index is 14.1. The Balaban J connectivity index is 1.76. The first-order chi connectivity index (χ1) is 11.5. The van der Waals surface area contributed by atoms with E-state index in [2.05, 4.69) is 4.98 Å². The van der Waals surface area contributed by atoms with Crippen molar-refractivity contribution < 1.29 is 18.3 Å². The first-order valence-corrected chi connectivity index (χ1v) is 8.64. The van der Waals surface area contributed by atoms with E-state index in [0.29, 0.717) is 9.34 Å². The van der Waals surface area contributed by atoms with Gasteiger partial charge in [0.25, 0.3) is 5.91 Å². The van der Waals surface area contributed by atoms with Crippen molar-refractivity contribution in [2.45, 2.75) is 6.61 Å². The molecule has 0 saturated carbocycles. The Labute approximate surface area is 148 Å². The fourth-order valence-electron chi connectivity index (χ4n) is 1.95. The second kappa shape index (κ2) is 6.84. The zero-order valence-electron chi connectivity index (χ0n) is 11.9. The van der Waals surface area contributed by atoms with Crippen molar-refractivity contribution in [3.05, 3.63) is 56.2 Å². The Hall–Kier alpha value is -2.03. The molecule has 24 heavy (non-hydrogen) atoms. The molecule has 1 aromatic carbocycles. The highest BCUT2D eigenvalue weighted by Crippen LogP contribution is 2.32.